The van der Waals surface area contributed by atoms with Crippen molar-refractivity contribution in [1.29, 1.82) is 0 Å². The number of carbonyl (C=O) groups is 2. The van der Waals surface area contributed by atoms with Crippen LogP contribution in [0.3, 0.4) is 0 Å². The van der Waals surface area contributed by atoms with E-state index in [0.29, 0.717) is 46.6 Å². The maximum atomic E-state index is 12.5. The molecule has 2 amide bonds. The Morgan fingerprint density at radius 3 is 1.55 bits per heavy atom. The van der Waals surface area contributed by atoms with Crippen molar-refractivity contribution in [3.05, 3.63) is 125 Å². The second-order valence-electron chi connectivity index (χ2n) is 12.4. The Labute approximate surface area is 333 Å². The summed E-state index contributed by atoms with van der Waals surface area (Å²) in [5, 5.41) is 20.2. The third-order valence-corrected chi connectivity index (χ3v) is 9.28. The highest BCUT2D eigenvalue weighted by Gasteiger charge is 2.17. The Hall–Kier alpha value is -7.51. The number of benzene rings is 4. The summed E-state index contributed by atoms with van der Waals surface area (Å²) >= 11 is 0. The third-order valence-electron chi connectivity index (χ3n) is 8.37. The number of nitrogens with zero attached hydrogens (tertiary/aromatic N) is 6. The predicted molar refractivity (Wildman–Crippen MR) is 223 cm³/mol. The molecule has 19 heteroatoms. The van der Waals surface area contributed by atoms with Crippen LogP contribution in [-0.2, 0) is 16.5 Å². The molecule has 58 heavy (non-hydrogen) atoms. The minimum Gasteiger partial charge on any atom is -0.357 e. The number of hydrogen-bond donors (Lipinski definition) is 8. The lowest BCUT2D eigenvalue weighted by molar-refractivity contribution is 0.0955. The van der Waals surface area contributed by atoms with Gasteiger partial charge in [0.2, 0.25) is 29.7 Å². The molecule has 0 radical (unpaired) electrons. The van der Waals surface area contributed by atoms with Crippen molar-refractivity contribution in [2.75, 3.05) is 54.8 Å². The molecule has 2 aromatic heterocycles. The lowest BCUT2D eigenvalue weighted by Gasteiger charge is -2.12. The second-order valence-corrected chi connectivity index (χ2v) is 13.8. The second kappa shape index (κ2) is 18.0. The average Bonchev–Trinajstić information content (AvgIpc) is 3.23. The van der Waals surface area contributed by atoms with Crippen LogP contribution in [0, 0.1) is 0 Å². The Morgan fingerprint density at radius 1 is 0.569 bits per heavy atom. The SMILES string of the molecule is CNC(=O)c1ccc(Cc2nc(NC)nc(Nc3ccc(/C=C/c4ccc(Nc5nc(NC)nc(Nc6ccc(C(=O)NC)cc6)n5)cc4S(=O)(=O)O)cc3)n2)cc1. The Bertz CT molecular complexity index is 2570. The molecule has 0 saturated heterocycles. The van der Waals surface area contributed by atoms with Crippen molar-refractivity contribution in [2.24, 2.45) is 0 Å². The molecule has 0 aliphatic carbocycles. The summed E-state index contributed by atoms with van der Waals surface area (Å²) in [6, 6.07) is 25.6. The molecule has 8 N–H and O–H groups in total. The molecule has 18 nitrogen and oxygen atoms in total. The van der Waals surface area contributed by atoms with Gasteiger partial charge in [-0.2, -0.15) is 38.3 Å². The van der Waals surface area contributed by atoms with Gasteiger partial charge < -0.3 is 37.2 Å². The number of hydrogen-bond acceptors (Lipinski definition) is 15. The van der Waals surface area contributed by atoms with Gasteiger partial charge in [0.05, 0.1) is 0 Å². The molecule has 296 valence electrons. The summed E-state index contributed by atoms with van der Waals surface area (Å²) in [6.45, 7) is 0. The highest BCUT2D eigenvalue weighted by molar-refractivity contribution is 7.86. The van der Waals surface area contributed by atoms with Gasteiger partial charge in [0, 0.05) is 62.8 Å². The van der Waals surface area contributed by atoms with Crippen molar-refractivity contribution in [3.8, 4) is 0 Å². The standard InChI is InChI=1S/C39H39N13O5S/c1-40-33(53)26-11-6-24(7-12-26)21-32-47-35(42-3)49-37(48-32)44-28-16-8-23(9-17-28)5-10-25-13-20-30(22-31(25)58(55,56)57)46-39-51-36(43-4)50-38(52-39)45-29-18-14-27(15-19-29)34(54)41-2/h5-20,22H,21H2,1-4H3,(H,40,53)(H,41,54)(H,55,56,57)(H2,42,44,47,48,49)(H3,43,45,46,50,51,52)/b10-5+. The van der Waals surface area contributed by atoms with Gasteiger partial charge in [0.25, 0.3) is 21.9 Å². The first-order chi connectivity index (χ1) is 27.9. The summed E-state index contributed by atoms with van der Waals surface area (Å²) in [4.78, 5) is 49.9. The molecule has 0 unspecified atom stereocenters. The van der Waals surface area contributed by atoms with Gasteiger partial charge in [-0.1, -0.05) is 42.5 Å². The van der Waals surface area contributed by atoms with Crippen LogP contribution in [0.5, 0.6) is 0 Å². The summed E-state index contributed by atoms with van der Waals surface area (Å²) in [5.41, 5.74) is 4.54. The molecule has 0 aliphatic heterocycles. The minimum absolute atomic E-state index is 0.0893. The number of nitrogens with one attached hydrogen (secondary N) is 7. The number of carbonyl (C=O) groups excluding carboxylic acids is 2. The van der Waals surface area contributed by atoms with Crippen molar-refractivity contribution in [1.82, 2.24) is 40.5 Å². The lowest BCUT2D eigenvalue weighted by Crippen LogP contribution is -2.17. The van der Waals surface area contributed by atoms with Crippen molar-refractivity contribution in [3.63, 3.8) is 0 Å². The first kappa shape index (κ1) is 40.2. The molecule has 4 aromatic carbocycles. The molecule has 0 atom stereocenters. The average molecular weight is 802 g/mol. The molecule has 0 bridgehead atoms. The van der Waals surface area contributed by atoms with Crippen LogP contribution in [0.15, 0.2) is 95.9 Å². The molecule has 0 spiro atoms. The molecule has 0 aliphatic rings. The van der Waals surface area contributed by atoms with E-state index < -0.39 is 10.1 Å². The fraction of sp³-hybridized carbons (Fsp3) is 0.128. The largest absolute Gasteiger partial charge is 0.357 e. The van der Waals surface area contributed by atoms with Crippen LogP contribution < -0.4 is 37.2 Å². The zero-order chi connectivity index (χ0) is 41.2. The maximum Gasteiger partial charge on any atom is 0.295 e. The van der Waals surface area contributed by atoms with Gasteiger partial charge in [0.15, 0.2) is 0 Å². The zero-order valence-electron chi connectivity index (χ0n) is 31.7. The van der Waals surface area contributed by atoms with Crippen LogP contribution in [0.2, 0.25) is 0 Å². The quantitative estimate of drug-likeness (QED) is 0.0497. The van der Waals surface area contributed by atoms with Gasteiger partial charge in [-0.25, -0.2) is 0 Å². The van der Waals surface area contributed by atoms with Gasteiger partial charge in [-0.3, -0.25) is 14.1 Å². The van der Waals surface area contributed by atoms with E-state index in [-0.39, 0.29) is 45.8 Å². The van der Waals surface area contributed by atoms with Crippen LogP contribution in [-0.4, -0.2) is 82.9 Å². The molecule has 0 fully saturated rings. The Balaban J connectivity index is 1.14. The predicted octanol–water partition coefficient (Wildman–Crippen LogP) is 5.10. The van der Waals surface area contributed by atoms with E-state index in [4.69, 9.17) is 0 Å². The van der Waals surface area contributed by atoms with E-state index in [1.54, 1.807) is 88.9 Å². The van der Waals surface area contributed by atoms with E-state index in [0.717, 1.165) is 11.1 Å². The topological polar surface area (TPSA) is 250 Å². The van der Waals surface area contributed by atoms with Gasteiger partial charge in [-0.05, 0) is 77.4 Å². The number of aromatic nitrogens is 6. The molecular formula is C39H39N13O5S. The highest BCUT2D eigenvalue weighted by Crippen LogP contribution is 2.26. The summed E-state index contributed by atoms with van der Waals surface area (Å²) in [6.07, 6.45) is 3.70. The number of anilines is 8. The molecule has 6 rings (SSSR count). The van der Waals surface area contributed by atoms with Crippen LogP contribution >= 0.6 is 0 Å². The van der Waals surface area contributed by atoms with E-state index in [9.17, 15) is 22.6 Å². The zero-order valence-corrected chi connectivity index (χ0v) is 32.5. The number of rotatable bonds is 15. The first-order valence-corrected chi connectivity index (χ1v) is 19.1. The maximum absolute atomic E-state index is 12.5. The molecule has 0 saturated carbocycles. The Morgan fingerprint density at radius 2 is 1.02 bits per heavy atom. The molecule has 2 heterocycles. The van der Waals surface area contributed by atoms with Gasteiger partial charge in [-0.15, -0.1) is 0 Å². The van der Waals surface area contributed by atoms with Crippen LogP contribution in [0.1, 0.15) is 43.2 Å². The van der Waals surface area contributed by atoms with Crippen molar-refractivity contribution >= 4 is 80.9 Å². The fourth-order valence-corrected chi connectivity index (χ4v) is 6.15. The third kappa shape index (κ3) is 10.4. The summed E-state index contributed by atoms with van der Waals surface area (Å²) < 4.78 is 35.2. The Kier molecular flexibility index (Phi) is 12.4. The smallest absolute Gasteiger partial charge is 0.295 e. The lowest BCUT2D eigenvalue weighted by atomic mass is 10.1. The van der Waals surface area contributed by atoms with Gasteiger partial charge >= 0.3 is 0 Å². The summed E-state index contributed by atoms with van der Waals surface area (Å²) in [5.74, 6) is 1.32. The van der Waals surface area contributed by atoms with Gasteiger partial charge in [0.1, 0.15) is 10.7 Å². The molecule has 6 aromatic rings. The molecular weight excluding hydrogens is 763 g/mol. The number of amides is 2. The normalized spacial score (nSPS) is 11.1. The minimum atomic E-state index is -4.65. The first-order valence-electron chi connectivity index (χ1n) is 17.6. The van der Waals surface area contributed by atoms with Crippen molar-refractivity contribution < 1.29 is 22.6 Å². The monoisotopic (exact) mass is 801 g/mol. The van der Waals surface area contributed by atoms with E-state index in [1.807, 2.05) is 36.4 Å². The van der Waals surface area contributed by atoms with E-state index >= 15 is 0 Å². The van der Waals surface area contributed by atoms with Crippen molar-refractivity contribution in [2.45, 2.75) is 11.3 Å². The summed E-state index contributed by atoms with van der Waals surface area (Å²) in [7, 11) is 1.82. The van der Waals surface area contributed by atoms with E-state index in [2.05, 4.69) is 67.1 Å². The van der Waals surface area contributed by atoms with Crippen LogP contribution in [0.25, 0.3) is 12.2 Å². The van der Waals surface area contributed by atoms with E-state index in [1.165, 1.54) is 6.07 Å². The highest BCUT2D eigenvalue weighted by atomic mass is 32.2. The van der Waals surface area contributed by atoms with Crippen LogP contribution in [0.4, 0.5) is 46.8 Å². The fourth-order valence-electron chi connectivity index (χ4n) is 5.44.